The number of aryl methyl sites for hydroxylation is 1. The highest BCUT2D eigenvalue weighted by Gasteiger charge is 2.24. The Morgan fingerprint density at radius 3 is 2.74 bits per heavy atom. The molecule has 2 N–H and O–H groups in total. The maximum Gasteiger partial charge on any atom is 0.261 e. The van der Waals surface area contributed by atoms with Gasteiger partial charge in [-0.1, -0.05) is 25.1 Å². The Morgan fingerprint density at radius 2 is 2.04 bits per heavy atom. The topological polar surface area (TPSA) is 51.4 Å². The van der Waals surface area contributed by atoms with Crippen molar-refractivity contribution in [2.45, 2.75) is 39.2 Å². The molecule has 0 spiro atoms. The summed E-state index contributed by atoms with van der Waals surface area (Å²) >= 11 is 1.53. The van der Waals surface area contributed by atoms with Gasteiger partial charge >= 0.3 is 0 Å². The highest BCUT2D eigenvalue weighted by molar-refractivity contribution is 7.20. The molecule has 142 valence electrons. The van der Waals surface area contributed by atoms with Crippen LogP contribution in [0.1, 0.15) is 41.6 Å². The molecule has 0 atom stereocenters. The van der Waals surface area contributed by atoms with Crippen LogP contribution in [0.25, 0.3) is 15.9 Å². The van der Waals surface area contributed by atoms with Gasteiger partial charge in [0.15, 0.2) is 0 Å². The summed E-state index contributed by atoms with van der Waals surface area (Å²) in [4.78, 5) is 16.3. The fourth-order valence-electron chi connectivity index (χ4n) is 3.93. The fourth-order valence-corrected chi connectivity index (χ4v) is 5.02. The molecule has 1 amide bonds. The summed E-state index contributed by atoms with van der Waals surface area (Å²) < 4.78 is 1.94. The predicted octanol–water partition coefficient (Wildman–Crippen LogP) is 2.58. The molecule has 2 aromatic heterocycles. The number of amides is 1. The van der Waals surface area contributed by atoms with E-state index in [9.17, 15) is 4.79 Å². The zero-order valence-electron chi connectivity index (χ0n) is 16.0. The van der Waals surface area contributed by atoms with Crippen molar-refractivity contribution in [1.29, 1.82) is 0 Å². The standard InChI is InChI=1S/C21H26N4OS/c1-3-11-24-12-9-16(10-13-24)22-20(26)19-14-18-15(2)23-25(21(18)27-19)17-7-5-4-6-8-17/h4-8,14,16H,3,9-13H2,1-2H3,(H,22,26)/p+1. The molecule has 5 nitrogen and oxygen atoms in total. The lowest BCUT2D eigenvalue weighted by Gasteiger charge is -2.29. The summed E-state index contributed by atoms with van der Waals surface area (Å²) in [6.07, 6.45) is 3.37. The molecule has 0 saturated carbocycles. The average Bonchev–Trinajstić information content (AvgIpc) is 3.25. The van der Waals surface area contributed by atoms with Gasteiger partial charge < -0.3 is 10.2 Å². The van der Waals surface area contributed by atoms with Crippen LogP contribution in [0, 0.1) is 6.92 Å². The number of hydrogen-bond acceptors (Lipinski definition) is 3. The second-order valence-corrected chi connectivity index (χ2v) is 8.44. The van der Waals surface area contributed by atoms with Crippen molar-refractivity contribution in [2.24, 2.45) is 0 Å². The number of piperidine rings is 1. The van der Waals surface area contributed by atoms with E-state index in [2.05, 4.69) is 17.3 Å². The van der Waals surface area contributed by atoms with Gasteiger partial charge in [0, 0.05) is 24.3 Å². The summed E-state index contributed by atoms with van der Waals surface area (Å²) in [5, 5.41) is 8.98. The van der Waals surface area contributed by atoms with E-state index in [0.717, 1.165) is 52.4 Å². The van der Waals surface area contributed by atoms with Crippen molar-refractivity contribution in [1.82, 2.24) is 15.1 Å². The number of quaternary nitrogens is 1. The van der Waals surface area contributed by atoms with Crippen molar-refractivity contribution in [3.8, 4) is 5.69 Å². The zero-order chi connectivity index (χ0) is 18.8. The number of nitrogens with zero attached hydrogens (tertiary/aromatic N) is 2. The Kier molecular flexibility index (Phi) is 5.27. The maximum atomic E-state index is 12.8. The van der Waals surface area contributed by atoms with Crippen LogP contribution in [-0.4, -0.2) is 41.4 Å². The molecule has 1 fully saturated rings. The van der Waals surface area contributed by atoms with E-state index in [-0.39, 0.29) is 5.91 Å². The molecule has 1 aliphatic heterocycles. The van der Waals surface area contributed by atoms with Crippen LogP contribution in [0.4, 0.5) is 0 Å². The number of likely N-dealkylation sites (tertiary alicyclic amines) is 1. The quantitative estimate of drug-likeness (QED) is 0.712. The van der Waals surface area contributed by atoms with Gasteiger partial charge in [-0.3, -0.25) is 4.79 Å². The number of benzene rings is 1. The molecule has 0 unspecified atom stereocenters. The molecule has 0 aliphatic carbocycles. The molecule has 0 radical (unpaired) electrons. The second kappa shape index (κ2) is 7.82. The third-order valence-corrected chi connectivity index (χ3v) is 6.51. The second-order valence-electron chi connectivity index (χ2n) is 7.41. The first-order valence-corrected chi connectivity index (χ1v) is 10.7. The van der Waals surface area contributed by atoms with Crippen LogP contribution in [0.5, 0.6) is 0 Å². The monoisotopic (exact) mass is 383 g/mol. The van der Waals surface area contributed by atoms with E-state index in [4.69, 9.17) is 0 Å². The fraction of sp³-hybridized carbons (Fsp3) is 0.429. The van der Waals surface area contributed by atoms with Crippen molar-refractivity contribution in [2.75, 3.05) is 19.6 Å². The van der Waals surface area contributed by atoms with Gasteiger partial charge in [-0.25, -0.2) is 4.68 Å². The lowest BCUT2D eigenvalue weighted by atomic mass is 10.0. The first-order valence-electron chi connectivity index (χ1n) is 9.84. The minimum Gasteiger partial charge on any atom is -0.348 e. The minimum absolute atomic E-state index is 0.0548. The Bertz CT molecular complexity index is 922. The van der Waals surface area contributed by atoms with E-state index in [1.807, 2.05) is 48.0 Å². The molecule has 3 heterocycles. The normalized spacial score (nSPS) is 20.1. The molecule has 4 rings (SSSR count). The number of rotatable bonds is 5. The van der Waals surface area contributed by atoms with Crippen LogP contribution in [0.2, 0.25) is 0 Å². The Balaban J connectivity index is 1.50. The van der Waals surface area contributed by atoms with Crippen LogP contribution in [-0.2, 0) is 0 Å². The number of carbonyl (C=O) groups excluding carboxylic acids is 1. The smallest absolute Gasteiger partial charge is 0.261 e. The van der Waals surface area contributed by atoms with Gasteiger partial charge in [0.05, 0.1) is 35.9 Å². The SMILES string of the molecule is CCC[NH+]1CCC(NC(=O)c2cc3c(C)nn(-c4ccccc4)c3s2)CC1. The van der Waals surface area contributed by atoms with Crippen molar-refractivity contribution in [3.63, 3.8) is 0 Å². The summed E-state index contributed by atoms with van der Waals surface area (Å²) in [5.41, 5.74) is 1.98. The molecule has 1 saturated heterocycles. The Labute approximate surface area is 164 Å². The van der Waals surface area contributed by atoms with E-state index in [1.54, 1.807) is 4.90 Å². The number of fused-ring (bicyclic) bond motifs is 1. The summed E-state index contributed by atoms with van der Waals surface area (Å²) in [7, 11) is 0. The first kappa shape index (κ1) is 18.2. The minimum atomic E-state index is 0.0548. The van der Waals surface area contributed by atoms with Gasteiger partial charge in [0.2, 0.25) is 0 Å². The lowest BCUT2D eigenvalue weighted by molar-refractivity contribution is -0.905. The van der Waals surface area contributed by atoms with Crippen LogP contribution in [0.3, 0.4) is 0 Å². The molecule has 1 aromatic carbocycles. The van der Waals surface area contributed by atoms with Crippen molar-refractivity contribution < 1.29 is 9.69 Å². The molecular formula is C21H27N4OS+. The summed E-state index contributed by atoms with van der Waals surface area (Å²) in [6, 6.07) is 12.4. The van der Waals surface area contributed by atoms with Gasteiger partial charge in [-0.2, -0.15) is 5.10 Å². The van der Waals surface area contributed by atoms with Crippen molar-refractivity contribution >= 4 is 27.5 Å². The number of nitrogens with one attached hydrogen (secondary N) is 2. The maximum absolute atomic E-state index is 12.8. The third kappa shape index (κ3) is 3.77. The van der Waals surface area contributed by atoms with Crippen LogP contribution in [0.15, 0.2) is 36.4 Å². The van der Waals surface area contributed by atoms with Gasteiger partial charge in [-0.15, -0.1) is 11.3 Å². The number of thiophene rings is 1. The van der Waals surface area contributed by atoms with Gasteiger partial charge in [0.25, 0.3) is 5.91 Å². The van der Waals surface area contributed by atoms with Crippen LogP contribution >= 0.6 is 11.3 Å². The highest BCUT2D eigenvalue weighted by atomic mass is 32.1. The predicted molar refractivity (Wildman–Crippen MR) is 110 cm³/mol. The number of aromatic nitrogens is 2. The Morgan fingerprint density at radius 1 is 1.30 bits per heavy atom. The van der Waals surface area contributed by atoms with E-state index >= 15 is 0 Å². The molecule has 1 aliphatic rings. The highest BCUT2D eigenvalue weighted by Crippen LogP contribution is 2.30. The first-order chi connectivity index (χ1) is 13.2. The average molecular weight is 384 g/mol. The number of hydrogen-bond donors (Lipinski definition) is 2. The Hall–Kier alpha value is -2.18. The molecule has 27 heavy (non-hydrogen) atoms. The largest absolute Gasteiger partial charge is 0.348 e. The number of para-hydroxylation sites is 1. The van der Waals surface area contributed by atoms with Crippen molar-refractivity contribution in [3.05, 3.63) is 47.0 Å². The zero-order valence-corrected chi connectivity index (χ0v) is 16.8. The summed E-state index contributed by atoms with van der Waals surface area (Å²) in [6.45, 7) is 7.80. The van der Waals surface area contributed by atoms with Gasteiger partial charge in [0.1, 0.15) is 4.83 Å². The number of carbonyl (C=O) groups is 1. The third-order valence-electron chi connectivity index (χ3n) is 5.40. The summed E-state index contributed by atoms with van der Waals surface area (Å²) in [5.74, 6) is 0.0548. The molecular weight excluding hydrogens is 356 g/mol. The van der Waals surface area contributed by atoms with E-state index < -0.39 is 0 Å². The van der Waals surface area contributed by atoms with Crippen LogP contribution < -0.4 is 10.2 Å². The molecule has 0 bridgehead atoms. The van der Waals surface area contributed by atoms with E-state index in [0.29, 0.717) is 6.04 Å². The van der Waals surface area contributed by atoms with Gasteiger partial charge in [-0.05, 0) is 31.5 Å². The molecule has 3 aromatic rings. The molecule has 6 heteroatoms. The van der Waals surface area contributed by atoms with E-state index in [1.165, 1.54) is 24.3 Å². The lowest BCUT2D eigenvalue weighted by Crippen LogP contribution is -3.13.